The maximum atomic E-state index is 11.8. The van der Waals surface area contributed by atoms with Crippen LogP contribution in [0.4, 0.5) is 4.79 Å². The predicted molar refractivity (Wildman–Crippen MR) is 67.4 cm³/mol. The van der Waals surface area contributed by atoms with Gasteiger partial charge in [-0.15, -0.1) is 0 Å². The zero-order valence-electron chi connectivity index (χ0n) is 11.3. The summed E-state index contributed by atoms with van der Waals surface area (Å²) in [5, 5.41) is 21.2. The first-order chi connectivity index (χ1) is 9.26. The maximum absolute atomic E-state index is 11.8. The fourth-order valence-electron chi connectivity index (χ4n) is 2.34. The normalized spacial score (nSPS) is 29.4. The summed E-state index contributed by atoms with van der Waals surface area (Å²) in [6, 6.07) is 9.21. The van der Waals surface area contributed by atoms with Crippen LogP contribution in [0.15, 0.2) is 30.3 Å². The minimum Gasteiger partial charge on any atom is -0.548 e. The number of aliphatic carboxylic acids is 1. The lowest BCUT2D eigenvalue weighted by atomic mass is 9.87. The highest BCUT2D eigenvalue weighted by Gasteiger charge is 2.59. The van der Waals surface area contributed by atoms with Gasteiger partial charge in [-0.05, 0) is 19.4 Å². The topological polar surface area (TPSA) is 89.9 Å². The Hall–Kier alpha value is -2.08. The Morgan fingerprint density at radius 1 is 1.35 bits per heavy atom. The average Bonchev–Trinajstić information content (AvgIpc) is 2.50. The monoisotopic (exact) mass is 278 g/mol. The van der Waals surface area contributed by atoms with Gasteiger partial charge < -0.3 is 19.7 Å². The van der Waals surface area contributed by atoms with Crippen LogP contribution in [-0.4, -0.2) is 39.9 Å². The van der Waals surface area contributed by atoms with Gasteiger partial charge in [-0.25, -0.2) is 4.79 Å². The fraction of sp³-hybridized carbons (Fsp3) is 0.429. The SMILES string of the molecule is C[C@@]1(Cc2ccccc2)OC(=O)N(CC(=O)[O-])[C@@]1(C)O. The van der Waals surface area contributed by atoms with E-state index in [4.69, 9.17) is 4.74 Å². The first-order valence-corrected chi connectivity index (χ1v) is 6.23. The molecule has 1 aliphatic rings. The van der Waals surface area contributed by atoms with Crippen LogP contribution in [0.5, 0.6) is 0 Å². The molecule has 0 bridgehead atoms. The molecule has 108 valence electrons. The number of aliphatic hydroxyl groups is 1. The lowest BCUT2D eigenvalue weighted by Gasteiger charge is -2.37. The number of hydrogen-bond acceptors (Lipinski definition) is 5. The van der Waals surface area contributed by atoms with E-state index < -0.39 is 29.9 Å². The summed E-state index contributed by atoms with van der Waals surface area (Å²) in [5.74, 6) is -1.45. The summed E-state index contributed by atoms with van der Waals surface area (Å²) in [5.41, 5.74) is -2.10. The van der Waals surface area contributed by atoms with Crippen molar-refractivity contribution < 1.29 is 24.5 Å². The number of ether oxygens (including phenoxy) is 1. The Bertz CT molecular complexity index is 528. The Labute approximate surface area is 116 Å². The van der Waals surface area contributed by atoms with E-state index in [1.807, 2.05) is 30.3 Å². The van der Waals surface area contributed by atoms with Crippen LogP contribution in [0.2, 0.25) is 0 Å². The van der Waals surface area contributed by atoms with Gasteiger partial charge in [-0.2, -0.15) is 0 Å². The van der Waals surface area contributed by atoms with E-state index in [1.54, 1.807) is 6.92 Å². The third-order valence-electron chi connectivity index (χ3n) is 3.73. The Morgan fingerprint density at radius 2 is 1.95 bits per heavy atom. The smallest absolute Gasteiger partial charge is 0.413 e. The second-order valence-corrected chi connectivity index (χ2v) is 5.24. The molecule has 2 atom stereocenters. The third-order valence-corrected chi connectivity index (χ3v) is 3.73. The largest absolute Gasteiger partial charge is 0.548 e. The average molecular weight is 278 g/mol. The van der Waals surface area contributed by atoms with Crippen molar-refractivity contribution in [2.75, 3.05) is 6.54 Å². The van der Waals surface area contributed by atoms with Gasteiger partial charge in [0.1, 0.15) is 0 Å². The van der Waals surface area contributed by atoms with Crippen molar-refractivity contribution in [2.24, 2.45) is 0 Å². The van der Waals surface area contributed by atoms with Crippen LogP contribution in [0.3, 0.4) is 0 Å². The minimum atomic E-state index is -1.74. The first kappa shape index (κ1) is 14.3. The van der Waals surface area contributed by atoms with Crippen LogP contribution in [0.25, 0.3) is 0 Å². The molecule has 0 unspecified atom stereocenters. The lowest BCUT2D eigenvalue weighted by molar-refractivity contribution is -0.307. The molecule has 0 spiro atoms. The molecule has 0 aliphatic carbocycles. The van der Waals surface area contributed by atoms with Gasteiger partial charge in [0.15, 0.2) is 11.3 Å². The fourth-order valence-corrected chi connectivity index (χ4v) is 2.34. The van der Waals surface area contributed by atoms with Gasteiger partial charge in [0.2, 0.25) is 0 Å². The van der Waals surface area contributed by atoms with Crippen molar-refractivity contribution in [3.63, 3.8) is 0 Å². The minimum absolute atomic E-state index is 0.274. The highest BCUT2D eigenvalue weighted by molar-refractivity contribution is 5.78. The standard InChI is InChI=1S/C14H17NO5/c1-13(8-10-6-4-3-5-7-10)14(2,19)15(9-11(16)17)12(18)20-13/h3-7,19H,8-9H2,1-2H3,(H,16,17)/p-1/t13-,14-/m0/s1. The Kier molecular flexibility index (Phi) is 3.43. The van der Waals surface area contributed by atoms with Gasteiger partial charge in [-0.1, -0.05) is 30.3 Å². The second-order valence-electron chi connectivity index (χ2n) is 5.24. The molecule has 0 radical (unpaired) electrons. The molecule has 6 heteroatoms. The van der Waals surface area contributed by atoms with E-state index in [1.165, 1.54) is 6.92 Å². The zero-order chi connectivity index (χ0) is 15.0. The van der Waals surface area contributed by atoms with Crippen LogP contribution >= 0.6 is 0 Å². The van der Waals surface area contributed by atoms with Gasteiger partial charge >= 0.3 is 6.09 Å². The molecule has 1 aromatic carbocycles. The van der Waals surface area contributed by atoms with E-state index in [-0.39, 0.29) is 6.42 Å². The van der Waals surface area contributed by atoms with E-state index in [0.717, 1.165) is 10.5 Å². The number of rotatable bonds is 4. The molecule has 20 heavy (non-hydrogen) atoms. The van der Waals surface area contributed by atoms with Crippen LogP contribution < -0.4 is 5.11 Å². The number of cyclic esters (lactones) is 1. The van der Waals surface area contributed by atoms with Crippen molar-refractivity contribution >= 4 is 12.1 Å². The highest BCUT2D eigenvalue weighted by Crippen LogP contribution is 2.39. The number of carbonyl (C=O) groups is 2. The second kappa shape index (κ2) is 4.79. The number of hydrogen-bond donors (Lipinski definition) is 1. The molecular formula is C14H16NO5-. The van der Waals surface area contributed by atoms with Crippen LogP contribution in [-0.2, 0) is 16.0 Å². The molecule has 0 aromatic heterocycles. The van der Waals surface area contributed by atoms with Crippen molar-refractivity contribution in [1.29, 1.82) is 0 Å². The number of nitrogens with zero attached hydrogens (tertiary/aromatic N) is 1. The van der Waals surface area contributed by atoms with Gasteiger partial charge in [0.25, 0.3) is 0 Å². The number of carboxylic acid groups (broad SMARTS) is 1. The molecule has 1 N–H and O–H groups in total. The third kappa shape index (κ3) is 2.34. The van der Waals surface area contributed by atoms with Gasteiger partial charge in [0, 0.05) is 6.42 Å². The summed E-state index contributed by atoms with van der Waals surface area (Å²) in [4.78, 5) is 23.2. The lowest BCUT2D eigenvalue weighted by Crippen LogP contribution is -2.58. The quantitative estimate of drug-likeness (QED) is 0.830. The summed E-state index contributed by atoms with van der Waals surface area (Å²) < 4.78 is 5.23. The molecule has 1 aliphatic heterocycles. The molecule has 1 aromatic rings. The molecule has 1 heterocycles. The van der Waals surface area contributed by atoms with E-state index in [9.17, 15) is 19.8 Å². The molecule has 6 nitrogen and oxygen atoms in total. The molecule has 1 fully saturated rings. The molecular weight excluding hydrogens is 262 g/mol. The van der Waals surface area contributed by atoms with Crippen LogP contribution in [0.1, 0.15) is 19.4 Å². The predicted octanol–water partition coefficient (Wildman–Crippen LogP) is -0.102. The molecule has 1 amide bonds. The number of amides is 1. The first-order valence-electron chi connectivity index (χ1n) is 6.23. The molecule has 1 saturated heterocycles. The Morgan fingerprint density at radius 3 is 2.50 bits per heavy atom. The summed E-state index contributed by atoms with van der Waals surface area (Å²) in [6.45, 7) is 2.23. The maximum Gasteiger partial charge on any atom is 0.413 e. The highest BCUT2D eigenvalue weighted by atomic mass is 16.6. The zero-order valence-corrected chi connectivity index (χ0v) is 11.3. The van der Waals surface area contributed by atoms with Crippen molar-refractivity contribution in [3.8, 4) is 0 Å². The van der Waals surface area contributed by atoms with Crippen molar-refractivity contribution in [2.45, 2.75) is 31.6 Å². The molecule has 2 rings (SSSR count). The number of carbonyl (C=O) groups excluding carboxylic acids is 2. The molecule has 0 saturated carbocycles. The van der Waals surface area contributed by atoms with Crippen molar-refractivity contribution in [3.05, 3.63) is 35.9 Å². The number of benzene rings is 1. The van der Waals surface area contributed by atoms with Gasteiger partial charge in [0.05, 0.1) is 12.5 Å². The van der Waals surface area contributed by atoms with Crippen LogP contribution in [0, 0.1) is 0 Å². The Balaban J connectivity index is 2.28. The summed E-state index contributed by atoms with van der Waals surface area (Å²) in [6.07, 6.45) is -0.589. The van der Waals surface area contributed by atoms with Gasteiger partial charge in [-0.3, -0.25) is 4.90 Å². The number of carboxylic acids is 1. The van der Waals surface area contributed by atoms with E-state index >= 15 is 0 Å². The summed E-state index contributed by atoms with van der Waals surface area (Å²) in [7, 11) is 0. The van der Waals surface area contributed by atoms with E-state index in [2.05, 4.69) is 0 Å². The summed E-state index contributed by atoms with van der Waals surface area (Å²) >= 11 is 0. The van der Waals surface area contributed by atoms with E-state index in [0.29, 0.717) is 0 Å². The van der Waals surface area contributed by atoms with Crippen molar-refractivity contribution in [1.82, 2.24) is 4.90 Å².